The first-order valence-corrected chi connectivity index (χ1v) is 5.13. The largest absolute Gasteiger partial charge is 0.490 e. The molecule has 0 spiro atoms. The third kappa shape index (κ3) is 4.26. The Morgan fingerprint density at radius 3 is 2.35 bits per heavy atom. The van der Waals surface area contributed by atoms with Gasteiger partial charge in [-0.3, -0.25) is 4.79 Å². The van der Waals surface area contributed by atoms with Gasteiger partial charge in [-0.2, -0.15) is 13.2 Å². The Morgan fingerprint density at radius 2 is 1.85 bits per heavy atom. The second kappa shape index (κ2) is 6.04. The summed E-state index contributed by atoms with van der Waals surface area (Å²) < 4.78 is 33.3. The van der Waals surface area contributed by atoms with Crippen molar-refractivity contribution in [2.24, 2.45) is 0 Å². The zero-order chi connectivity index (χ0) is 15.3. The van der Waals surface area contributed by atoms with Crippen LogP contribution in [-0.4, -0.2) is 37.9 Å². The Kier molecular flexibility index (Phi) is 4.68. The summed E-state index contributed by atoms with van der Waals surface area (Å²) in [5, 5.41) is 16.7. The monoisotopic (exact) mass is 290 g/mol. The summed E-state index contributed by atoms with van der Waals surface area (Å²) >= 11 is 0. The van der Waals surface area contributed by atoms with Gasteiger partial charge in [-0.05, 0) is 18.2 Å². The minimum absolute atomic E-state index is 0.0412. The van der Waals surface area contributed by atoms with Crippen molar-refractivity contribution in [3.05, 3.63) is 30.6 Å². The van der Waals surface area contributed by atoms with Gasteiger partial charge in [0.25, 0.3) is 0 Å². The predicted molar refractivity (Wildman–Crippen MR) is 61.1 cm³/mol. The van der Waals surface area contributed by atoms with Gasteiger partial charge in [0.15, 0.2) is 0 Å². The van der Waals surface area contributed by atoms with Crippen molar-refractivity contribution in [2.45, 2.75) is 12.7 Å². The summed E-state index contributed by atoms with van der Waals surface area (Å²) in [5.74, 6) is -3.62. The van der Waals surface area contributed by atoms with Gasteiger partial charge in [-0.25, -0.2) is 9.78 Å². The number of rotatable bonds is 2. The normalized spacial score (nSPS) is 10.8. The van der Waals surface area contributed by atoms with Crippen LogP contribution >= 0.6 is 0 Å². The zero-order valence-electron chi connectivity index (χ0n) is 9.83. The fraction of sp³-hybridized carbons (Fsp3) is 0.182. The highest BCUT2D eigenvalue weighted by molar-refractivity contribution is 5.78. The molecule has 9 heteroatoms. The maximum atomic E-state index is 10.6. The number of aromatic nitrogens is 2. The van der Waals surface area contributed by atoms with Gasteiger partial charge in [-0.15, -0.1) is 0 Å². The SMILES string of the molecule is O=C(O)C(F)(F)F.O=C(O)Cn1ccc2cccnc21. The van der Waals surface area contributed by atoms with Crippen molar-refractivity contribution in [1.82, 2.24) is 9.55 Å². The molecular formula is C11H9F3N2O4. The predicted octanol–water partition coefficient (Wildman–Crippen LogP) is 1.75. The maximum Gasteiger partial charge on any atom is 0.490 e. The molecule has 0 bridgehead atoms. The number of alkyl halides is 3. The first kappa shape index (κ1) is 15.5. The van der Waals surface area contributed by atoms with E-state index in [0.717, 1.165) is 5.39 Å². The van der Waals surface area contributed by atoms with Crippen molar-refractivity contribution in [1.29, 1.82) is 0 Å². The van der Waals surface area contributed by atoms with Crippen LogP contribution in [0, 0.1) is 0 Å². The minimum atomic E-state index is -5.08. The molecule has 2 rings (SSSR count). The Hall–Kier alpha value is -2.58. The van der Waals surface area contributed by atoms with Crippen LogP contribution in [0.5, 0.6) is 0 Å². The lowest BCUT2D eigenvalue weighted by Crippen LogP contribution is -2.21. The van der Waals surface area contributed by atoms with E-state index < -0.39 is 18.1 Å². The number of aliphatic carboxylic acids is 2. The standard InChI is InChI=1S/C9H8N2O2.C2HF3O2/c12-8(13)6-11-5-3-7-2-1-4-10-9(7)11;3-2(4,5)1(6)7/h1-5H,6H2,(H,12,13);(H,6,7). The van der Waals surface area contributed by atoms with Crippen LogP contribution in [0.4, 0.5) is 13.2 Å². The van der Waals surface area contributed by atoms with E-state index in [9.17, 15) is 18.0 Å². The van der Waals surface area contributed by atoms with Gasteiger partial charge >= 0.3 is 18.1 Å². The molecule has 0 unspecified atom stereocenters. The van der Waals surface area contributed by atoms with Gasteiger partial charge in [0.1, 0.15) is 12.2 Å². The Bertz CT molecular complexity index is 621. The van der Waals surface area contributed by atoms with E-state index in [0.29, 0.717) is 5.65 Å². The van der Waals surface area contributed by atoms with E-state index in [1.807, 2.05) is 18.2 Å². The highest BCUT2D eigenvalue weighted by atomic mass is 19.4. The molecule has 2 aromatic rings. The molecular weight excluding hydrogens is 281 g/mol. The summed E-state index contributed by atoms with van der Waals surface area (Å²) in [4.78, 5) is 23.5. The summed E-state index contributed by atoms with van der Waals surface area (Å²) in [7, 11) is 0. The topological polar surface area (TPSA) is 92.4 Å². The zero-order valence-corrected chi connectivity index (χ0v) is 9.83. The van der Waals surface area contributed by atoms with Gasteiger partial charge < -0.3 is 14.8 Å². The first-order valence-electron chi connectivity index (χ1n) is 5.13. The Morgan fingerprint density at radius 1 is 1.25 bits per heavy atom. The quantitative estimate of drug-likeness (QED) is 0.879. The van der Waals surface area contributed by atoms with Gasteiger partial charge in [0, 0.05) is 17.8 Å². The van der Waals surface area contributed by atoms with E-state index in [-0.39, 0.29) is 6.54 Å². The van der Waals surface area contributed by atoms with Gasteiger partial charge in [-0.1, -0.05) is 0 Å². The number of carboxylic acids is 2. The molecule has 0 saturated heterocycles. The van der Waals surface area contributed by atoms with Crippen LogP contribution in [-0.2, 0) is 16.1 Å². The van der Waals surface area contributed by atoms with E-state index in [4.69, 9.17) is 15.0 Å². The smallest absolute Gasteiger partial charge is 0.480 e. The summed E-state index contributed by atoms with van der Waals surface area (Å²) in [6, 6.07) is 5.58. The van der Waals surface area contributed by atoms with Gasteiger partial charge in [0.05, 0.1) is 0 Å². The number of halogens is 3. The highest BCUT2D eigenvalue weighted by Gasteiger charge is 2.38. The lowest BCUT2D eigenvalue weighted by atomic mass is 10.3. The number of hydrogen-bond acceptors (Lipinski definition) is 3. The molecule has 20 heavy (non-hydrogen) atoms. The summed E-state index contributed by atoms with van der Waals surface area (Å²) in [6.45, 7) is -0.0412. The van der Waals surface area contributed by atoms with Crippen LogP contribution in [0.2, 0.25) is 0 Å². The lowest BCUT2D eigenvalue weighted by Gasteiger charge is -1.98. The van der Waals surface area contributed by atoms with Crippen molar-refractivity contribution in [3.63, 3.8) is 0 Å². The van der Waals surface area contributed by atoms with E-state index in [2.05, 4.69) is 4.98 Å². The van der Waals surface area contributed by atoms with Crippen LogP contribution in [0.25, 0.3) is 11.0 Å². The third-order valence-electron chi connectivity index (χ3n) is 2.07. The molecule has 108 valence electrons. The second-order valence-electron chi connectivity index (χ2n) is 3.56. The molecule has 0 aliphatic rings. The molecule has 2 heterocycles. The van der Waals surface area contributed by atoms with E-state index in [1.165, 1.54) is 0 Å². The summed E-state index contributed by atoms with van der Waals surface area (Å²) in [6.07, 6.45) is -1.70. The van der Waals surface area contributed by atoms with Gasteiger partial charge in [0.2, 0.25) is 0 Å². The molecule has 0 saturated carbocycles. The number of hydrogen-bond donors (Lipinski definition) is 2. The molecule has 0 atom stereocenters. The molecule has 0 radical (unpaired) electrons. The fourth-order valence-corrected chi connectivity index (χ4v) is 1.29. The molecule has 0 amide bonds. The number of nitrogens with zero attached hydrogens (tertiary/aromatic N) is 2. The third-order valence-corrected chi connectivity index (χ3v) is 2.07. The van der Waals surface area contributed by atoms with Crippen LogP contribution in [0.3, 0.4) is 0 Å². The molecule has 0 fully saturated rings. The van der Waals surface area contributed by atoms with E-state index in [1.54, 1.807) is 17.0 Å². The number of carboxylic acid groups (broad SMARTS) is 2. The molecule has 0 aliphatic heterocycles. The average molecular weight is 290 g/mol. The molecule has 2 N–H and O–H groups in total. The first-order chi connectivity index (χ1) is 9.21. The average Bonchev–Trinajstić information content (AvgIpc) is 2.72. The number of pyridine rings is 1. The minimum Gasteiger partial charge on any atom is -0.480 e. The Balaban J connectivity index is 0.000000246. The van der Waals surface area contributed by atoms with E-state index >= 15 is 0 Å². The molecule has 6 nitrogen and oxygen atoms in total. The highest BCUT2D eigenvalue weighted by Crippen LogP contribution is 2.13. The summed E-state index contributed by atoms with van der Waals surface area (Å²) in [5.41, 5.74) is 0.713. The van der Waals surface area contributed by atoms with Crippen LogP contribution in [0.15, 0.2) is 30.6 Å². The number of carbonyl (C=O) groups is 2. The molecule has 0 aromatic carbocycles. The lowest BCUT2D eigenvalue weighted by molar-refractivity contribution is -0.192. The number of fused-ring (bicyclic) bond motifs is 1. The van der Waals surface area contributed by atoms with Crippen LogP contribution < -0.4 is 0 Å². The molecule has 2 aromatic heterocycles. The Labute approximate surface area is 110 Å². The van der Waals surface area contributed by atoms with Crippen molar-refractivity contribution >= 4 is 23.0 Å². The van der Waals surface area contributed by atoms with Crippen LogP contribution in [0.1, 0.15) is 0 Å². The van der Waals surface area contributed by atoms with Crippen molar-refractivity contribution < 1.29 is 33.0 Å². The fourth-order valence-electron chi connectivity index (χ4n) is 1.29. The van der Waals surface area contributed by atoms with Crippen molar-refractivity contribution in [2.75, 3.05) is 0 Å². The second-order valence-corrected chi connectivity index (χ2v) is 3.56. The van der Waals surface area contributed by atoms with Crippen molar-refractivity contribution in [3.8, 4) is 0 Å². The maximum absolute atomic E-state index is 10.6. The molecule has 0 aliphatic carbocycles.